The molecule has 0 saturated heterocycles. The summed E-state index contributed by atoms with van der Waals surface area (Å²) in [4.78, 5) is 12.1. The number of quaternary nitrogens is 1. The van der Waals surface area contributed by atoms with E-state index in [0.29, 0.717) is 13.2 Å². The van der Waals surface area contributed by atoms with Gasteiger partial charge >= 0.3 is 0 Å². The van der Waals surface area contributed by atoms with Gasteiger partial charge < -0.3 is 27.9 Å². The molecule has 0 radical (unpaired) electrons. The molecule has 2 unspecified atom stereocenters. The minimum absolute atomic E-state index is 0.0774. The molecule has 2 atom stereocenters. The van der Waals surface area contributed by atoms with Crippen molar-refractivity contribution in [2.75, 3.05) is 61.2 Å². The third kappa shape index (κ3) is 28.0. The van der Waals surface area contributed by atoms with E-state index < -0.39 is 13.9 Å². The van der Waals surface area contributed by atoms with Crippen LogP contribution in [0.2, 0.25) is 0 Å². The summed E-state index contributed by atoms with van der Waals surface area (Å²) in [5, 5.41) is 0. The van der Waals surface area contributed by atoms with Crippen LogP contribution in [0.1, 0.15) is 154 Å². The fourth-order valence-electron chi connectivity index (χ4n) is 6.06. The highest BCUT2D eigenvalue weighted by Crippen LogP contribution is 2.38. The van der Waals surface area contributed by atoms with E-state index in [1.54, 1.807) is 7.11 Å². The Kier molecular flexibility index (Phi) is 25.9. The summed E-state index contributed by atoms with van der Waals surface area (Å²) < 4.78 is 34.3. The lowest BCUT2D eigenvalue weighted by atomic mass is 9.85. The van der Waals surface area contributed by atoms with Gasteiger partial charge in [0.2, 0.25) is 0 Å². The standard InChI is InChI=1S/C35H72NO6P/c1-36(2,3)29-23-16-12-8-10-14-18-25-31-41-43(37,38)42-33-35(39-4)32-40-30-24-17-13-9-6-5-7-11-15-20-26-34-27-21-19-22-28-34/h34-35H,5-33H2,1-4H3. The maximum atomic E-state index is 12.1. The second-order valence-corrected chi connectivity index (χ2v) is 15.6. The molecule has 1 aliphatic carbocycles. The minimum atomic E-state index is -4.31. The summed E-state index contributed by atoms with van der Waals surface area (Å²) in [5.41, 5.74) is 0. The Morgan fingerprint density at radius 1 is 0.651 bits per heavy atom. The Morgan fingerprint density at radius 2 is 1.14 bits per heavy atom. The van der Waals surface area contributed by atoms with Crippen LogP contribution in [0.25, 0.3) is 0 Å². The predicted molar refractivity (Wildman–Crippen MR) is 178 cm³/mol. The van der Waals surface area contributed by atoms with Gasteiger partial charge in [-0.25, -0.2) is 0 Å². The highest BCUT2D eigenvalue weighted by Gasteiger charge is 2.15. The van der Waals surface area contributed by atoms with Crippen molar-refractivity contribution in [3.8, 4) is 0 Å². The molecule has 0 aromatic carbocycles. The lowest BCUT2D eigenvalue weighted by Crippen LogP contribution is -2.35. The van der Waals surface area contributed by atoms with Gasteiger partial charge in [0.25, 0.3) is 7.82 Å². The van der Waals surface area contributed by atoms with Crippen LogP contribution < -0.4 is 4.89 Å². The first-order valence-electron chi connectivity index (χ1n) is 18.2. The van der Waals surface area contributed by atoms with E-state index >= 15 is 0 Å². The van der Waals surface area contributed by atoms with Crippen molar-refractivity contribution in [1.29, 1.82) is 0 Å². The minimum Gasteiger partial charge on any atom is -0.756 e. The number of ether oxygens (including phenoxy) is 2. The molecular formula is C35H72NO6P. The van der Waals surface area contributed by atoms with Crippen LogP contribution >= 0.6 is 7.82 Å². The van der Waals surface area contributed by atoms with E-state index in [2.05, 4.69) is 21.1 Å². The molecule has 0 N–H and O–H groups in total. The average molecular weight is 634 g/mol. The van der Waals surface area contributed by atoms with Crippen molar-refractivity contribution < 1.29 is 32.5 Å². The Morgan fingerprint density at radius 3 is 1.67 bits per heavy atom. The summed E-state index contributed by atoms with van der Waals surface area (Å²) >= 11 is 0. The molecule has 1 rings (SSSR count). The van der Waals surface area contributed by atoms with E-state index in [1.807, 2.05) is 0 Å². The summed E-state index contributed by atoms with van der Waals surface area (Å²) in [6.45, 7) is 2.33. The Balaban J connectivity index is 1.86. The first-order valence-corrected chi connectivity index (χ1v) is 19.7. The lowest BCUT2D eigenvalue weighted by molar-refractivity contribution is -0.870. The topological polar surface area (TPSA) is 77.1 Å². The van der Waals surface area contributed by atoms with Crippen molar-refractivity contribution in [2.45, 2.75) is 160 Å². The van der Waals surface area contributed by atoms with E-state index in [4.69, 9.17) is 18.5 Å². The smallest absolute Gasteiger partial charge is 0.267 e. The largest absolute Gasteiger partial charge is 0.756 e. The molecule has 0 spiro atoms. The molecule has 258 valence electrons. The lowest BCUT2D eigenvalue weighted by Gasteiger charge is -2.25. The number of methoxy groups -OCH3 is 1. The molecule has 0 aliphatic heterocycles. The first kappa shape index (κ1) is 41.0. The zero-order chi connectivity index (χ0) is 31.5. The number of unbranched alkanes of at least 4 members (excludes halogenated alkanes) is 16. The Hall–Kier alpha value is -0.0100. The van der Waals surface area contributed by atoms with Gasteiger partial charge in [-0.2, -0.15) is 0 Å². The van der Waals surface area contributed by atoms with Crippen LogP contribution in [0.4, 0.5) is 0 Å². The zero-order valence-corrected chi connectivity index (χ0v) is 29.9. The Labute approximate surface area is 267 Å². The van der Waals surface area contributed by atoms with Crippen LogP contribution in [0.15, 0.2) is 0 Å². The number of phosphoric acid groups is 1. The van der Waals surface area contributed by atoms with Crippen LogP contribution in [0, 0.1) is 5.92 Å². The second kappa shape index (κ2) is 27.1. The molecule has 0 amide bonds. The van der Waals surface area contributed by atoms with Crippen LogP contribution in [-0.2, 0) is 23.1 Å². The molecular weight excluding hydrogens is 561 g/mol. The zero-order valence-electron chi connectivity index (χ0n) is 29.0. The third-order valence-electron chi connectivity index (χ3n) is 8.90. The average Bonchev–Trinajstić information content (AvgIpc) is 2.97. The van der Waals surface area contributed by atoms with E-state index in [1.165, 1.54) is 135 Å². The summed E-state index contributed by atoms with van der Waals surface area (Å²) in [5.74, 6) is 1.04. The van der Waals surface area contributed by atoms with E-state index in [9.17, 15) is 9.46 Å². The molecule has 0 aromatic heterocycles. The second-order valence-electron chi connectivity index (χ2n) is 14.2. The van der Waals surface area contributed by atoms with Crippen LogP contribution in [0.3, 0.4) is 0 Å². The van der Waals surface area contributed by atoms with Gasteiger partial charge in [-0.05, 0) is 31.6 Å². The van der Waals surface area contributed by atoms with E-state index in [-0.39, 0.29) is 13.2 Å². The molecule has 0 bridgehead atoms. The normalized spacial score (nSPS) is 16.9. The third-order valence-corrected chi connectivity index (χ3v) is 9.87. The summed E-state index contributed by atoms with van der Waals surface area (Å²) in [7, 11) is 3.95. The van der Waals surface area contributed by atoms with Gasteiger partial charge in [-0.3, -0.25) is 4.57 Å². The van der Waals surface area contributed by atoms with E-state index in [0.717, 1.165) is 36.1 Å². The number of phosphoric ester groups is 1. The van der Waals surface area contributed by atoms with Gasteiger partial charge in [0.1, 0.15) is 6.10 Å². The predicted octanol–water partition coefficient (Wildman–Crippen LogP) is 9.22. The number of rotatable bonds is 31. The van der Waals surface area contributed by atoms with Crippen molar-refractivity contribution in [3.63, 3.8) is 0 Å². The van der Waals surface area contributed by atoms with Crippen molar-refractivity contribution in [2.24, 2.45) is 5.92 Å². The van der Waals surface area contributed by atoms with Gasteiger partial charge in [0, 0.05) is 13.7 Å². The molecule has 1 saturated carbocycles. The van der Waals surface area contributed by atoms with Gasteiger partial charge in [-0.15, -0.1) is 0 Å². The maximum absolute atomic E-state index is 12.1. The maximum Gasteiger partial charge on any atom is 0.267 e. The van der Waals surface area contributed by atoms with Gasteiger partial charge in [0.15, 0.2) is 0 Å². The number of nitrogens with zero attached hydrogens (tertiary/aromatic N) is 1. The first-order chi connectivity index (χ1) is 20.7. The number of hydrogen-bond donors (Lipinski definition) is 0. The van der Waals surface area contributed by atoms with Crippen LogP contribution in [0.5, 0.6) is 0 Å². The molecule has 43 heavy (non-hydrogen) atoms. The highest BCUT2D eigenvalue weighted by molar-refractivity contribution is 7.45. The molecule has 0 aromatic rings. The molecule has 1 fully saturated rings. The van der Waals surface area contributed by atoms with Gasteiger partial charge in [-0.1, -0.05) is 128 Å². The fourth-order valence-corrected chi connectivity index (χ4v) is 6.84. The SMILES string of the molecule is COC(COCCCCCCCCCCCCC1CCCCC1)COP(=O)([O-])OCCCCCCCCCC[N+](C)(C)C. The Bertz CT molecular complexity index is 653. The molecule has 0 heterocycles. The van der Waals surface area contributed by atoms with Crippen molar-refractivity contribution >= 4 is 7.82 Å². The van der Waals surface area contributed by atoms with Crippen molar-refractivity contribution in [3.05, 3.63) is 0 Å². The summed E-state index contributed by atoms with van der Waals surface area (Å²) in [6, 6.07) is 0. The van der Waals surface area contributed by atoms with Gasteiger partial charge in [0.05, 0.1) is 47.5 Å². The molecule has 7 nitrogen and oxygen atoms in total. The quantitative estimate of drug-likeness (QED) is 0.0430. The molecule has 8 heteroatoms. The monoisotopic (exact) mass is 634 g/mol. The number of hydrogen-bond acceptors (Lipinski definition) is 6. The summed E-state index contributed by atoms with van der Waals surface area (Å²) in [6.07, 6.45) is 30.8. The molecule has 1 aliphatic rings. The van der Waals surface area contributed by atoms with Crippen molar-refractivity contribution in [1.82, 2.24) is 0 Å². The fraction of sp³-hybridized carbons (Fsp3) is 1.00. The van der Waals surface area contributed by atoms with Crippen LogP contribution in [-0.4, -0.2) is 71.8 Å². The highest BCUT2D eigenvalue weighted by atomic mass is 31.2.